The van der Waals surface area contributed by atoms with Crippen LogP contribution in [0, 0.1) is 5.92 Å². The van der Waals surface area contributed by atoms with Gasteiger partial charge >= 0.3 is 0 Å². The van der Waals surface area contributed by atoms with E-state index in [1.54, 1.807) is 0 Å². The van der Waals surface area contributed by atoms with Crippen LogP contribution in [-0.4, -0.2) is 22.8 Å². The Kier molecular flexibility index (Phi) is 4.39. The predicted molar refractivity (Wildman–Crippen MR) is 76.0 cm³/mol. The van der Waals surface area contributed by atoms with Crippen LogP contribution in [0.1, 0.15) is 30.9 Å². The molecule has 0 spiro atoms. The molecule has 1 atom stereocenters. The van der Waals surface area contributed by atoms with Crippen LogP contribution in [0.4, 0.5) is 11.4 Å². The molecule has 5 N–H and O–H groups in total. The van der Waals surface area contributed by atoms with Gasteiger partial charge in [0.15, 0.2) is 0 Å². The lowest BCUT2D eigenvalue weighted by Gasteiger charge is -2.08. The van der Waals surface area contributed by atoms with Crippen molar-refractivity contribution >= 4 is 17.2 Å². The predicted octanol–water partition coefficient (Wildman–Crippen LogP) is 1.98. The number of nitrogens with two attached hydrogens (primary N) is 1. The third-order valence-electron chi connectivity index (χ3n) is 3.62. The topological polar surface area (TPSA) is 90.9 Å². The van der Waals surface area contributed by atoms with Crippen molar-refractivity contribution in [1.29, 1.82) is 0 Å². The van der Waals surface area contributed by atoms with E-state index in [1.165, 1.54) is 11.1 Å². The van der Waals surface area contributed by atoms with E-state index >= 15 is 0 Å². The van der Waals surface area contributed by atoms with E-state index in [0.717, 1.165) is 19.3 Å². The van der Waals surface area contributed by atoms with Crippen molar-refractivity contribution in [1.82, 2.24) is 0 Å². The first-order valence-corrected chi connectivity index (χ1v) is 6.67. The zero-order valence-electron chi connectivity index (χ0n) is 11.2. The number of amidine groups is 1. The standard InChI is InChI=1S/C14H21N3O2/c1-2-14(15)16-12-7-10-5-9(3-4-18)6-11(10)8-13(12)17-19/h7-9,17-19H,2-6H2,1H3,(H2,15,16). The lowest BCUT2D eigenvalue weighted by Crippen LogP contribution is -2.09. The van der Waals surface area contributed by atoms with Crippen molar-refractivity contribution in [2.45, 2.75) is 32.6 Å². The first-order chi connectivity index (χ1) is 9.17. The maximum Gasteiger partial charge on any atom is 0.0994 e. The second kappa shape index (κ2) is 6.04. The fourth-order valence-electron chi connectivity index (χ4n) is 2.55. The number of hydrogen-bond acceptors (Lipinski definition) is 4. The summed E-state index contributed by atoms with van der Waals surface area (Å²) < 4.78 is 0. The van der Waals surface area contributed by atoms with Crippen LogP contribution in [-0.2, 0) is 12.8 Å². The summed E-state index contributed by atoms with van der Waals surface area (Å²) in [6.07, 6.45) is 3.38. The van der Waals surface area contributed by atoms with Gasteiger partial charge in [-0.1, -0.05) is 6.92 Å². The monoisotopic (exact) mass is 263 g/mol. The van der Waals surface area contributed by atoms with Gasteiger partial charge in [0.05, 0.1) is 17.2 Å². The summed E-state index contributed by atoms with van der Waals surface area (Å²) in [6, 6.07) is 3.91. The molecule has 1 aromatic carbocycles. The number of nitrogens with zero attached hydrogens (tertiary/aromatic N) is 1. The van der Waals surface area contributed by atoms with Gasteiger partial charge in [-0.2, -0.15) is 0 Å². The number of rotatable bonds is 5. The number of anilines is 1. The van der Waals surface area contributed by atoms with Gasteiger partial charge in [-0.3, -0.25) is 10.7 Å². The van der Waals surface area contributed by atoms with Gasteiger partial charge in [-0.15, -0.1) is 0 Å². The second-order valence-corrected chi connectivity index (χ2v) is 4.99. The third-order valence-corrected chi connectivity index (χ3v) is 3.62. The van der Waals surface area contributed by atoms with Gasteiger partial charge in [0, 0.05) is 13.0 Å². The molecule has 0 radical (unpaired) electrons. The highest BCUT2D eigenvalue weighted by molar-refractivity contribution is 5.85. The largest absolute Gasteiger partial charge is 0.396 e. The molecule has 2 rings (SSSR count). The van der Waals surface area contributed by atoms with E-state index in [0.29, 0.717) is 29.5 Å². The molecule has 5 heteroatoms. The van der Waals surface area contributed by atoms with Crippen molar-refractivity contribution in [3.63, 3.8) is 0 Å². The third kappa shape index (κ3) is 3.05. The zero-order chi connectivity index (χ0) is 13.8. The molecule has 104 valence electrons. The lowest BCUT2D eigenvalue weighted by molar-refractivity contribution is 0.259. The number of aliphatic imine (C=N–C) groups is 1. The van der Waals surface area contributed by atoms with Crippen LogP contribution in [0.15, 0.2) is 17.1 Å². The Bertz CT molecular complexity index is 486. The van der Waals surface area contributed by atoms with E-state index in [4.69, 9.17) is 10.8 Å². The second-order valence-electron chi connectivity index (χ2n) is 4.99. The van der Waals surface area contributed by atoms with Gasteiger partial charge in [0.1, 0.15) is 0 Å². The van der Waals surface area contributed by atoms with Crippen molar-refractivity contribution in [3.8, 4) is 0 Å². The van der Waals surface area contributed by atoms with Gasteiger partial charge < -0.3 is 10.8 Å². The quantitative estimate of drug-likeness (QED) is 0.371. The lowest BCUT2D eigenvalue weighted by atomic mass is 10.0. The Balaban J connectivity index is 2.31. The summed E-state index contributed by atoms with van der Waals surface area (Å²) in [4.78, 5) is 4.32. The Morgan fingerprint density at radius 1 is 1.42 bits per heavy atom. The SMILES string of the molecule is CCC(N)=Nc1cc2c(cc1NO)CC(CCO)C2. The minimum atomic E-state index is 0.220. The number of nitrogens with one attached hydrogen (secondary N) is 1. The fraction of sp³-hybridized carbons (Fsp3) is 0.500. The van der Waals surface area contributed by atoms with Crippen LogP contribution >= 0.6 is 0 Å². The molecule has 0 saturated carbocycles. The Morgan fingerprint density at radius 2 is 2.11 bits per heavy atom. The fourth-order valence-corrected chi connectivity index (χ4v) is 2.55. The molecule has 1 aromatic rings. The molecule has 0 aliphatic heterocycles. The summed E-state index contributed by atoms with van der Waals surface area (Å²) >= 11 is 0. The molecule has 1 aliphatic rings. The van der Waals surface area contributed by atoms with Crippen LogP contribution in [0.25, 0.3) is 0 Å². The molecule has 19 heavy (non-hydrogen) atoms. The van der Waals surface area contributed by atoms with Gasteiger partial charge in [-0.05, 0) is 48.4 Å². The molecule has 0 saturated heterocycles. The average Bonchev–Trinajstić information content (AvgIpc) is 2.79. The van der Waals surface area contributed by atoms with Crippen LogP contribution in [0.5, 0.6) is 0 Å². The number of fused-ring (bicyclic) bond motifs is 1. The molecule has 0 aromatic heterocycles. The van der Waals surface area contributed by atoms with E-state index < -0.39 is 0 Å². The molecule has 1 aliphatic carbocycles. The Hall–Kier alpha value is -1.59. The summed E-state index contributed by atoms with van der Waals surface area (Å²) in [5.74, 6) is 1.02. The van der Waals surface area contributed by atoms with Crippen LogP contribution < -0.4 is 11.2 Å². The molecular weight excluding hydrogens is 242 g/mol. The maximum atomic E-state index is 9.20. The van der Waals surface area contributed by atoms with E-state index in [9.17, 15) is 5.21 Å². The van der Waals surface area contributed by atoms with E-state index in [-0.39, 0.29) is 6.61 Å². The normalized spacial score (nSPS) is 18.5. The van der Waals surface area contributed by atoms with E-state index in [1.807, 2.05) is 19.1 Å². The van der Waals surface area contributed by atoms with Crippen LogP contribution in [0.3, 0.4) is 0 Å². The molecule has 1 unspecified atom stereocenters. The number of benzene rings is 1. The summed E-state index contributed by atoms with van der Waals surface area (Å²) in [7, 11) is 0. The summed E-state index contributed by atoms with van der Waals surface area (Å²) in [5.41, 5.74) is 11.6. The number of aliphatic hydroxyl groups is 1. The van der Waals surface area contributed by atoms with Gasteiger partial charge in [0.25, 0.3) is 0 Å². The Morgan fingerprint density at radius 3 is 2.68 bits per heavy atom. The molecular formula is C14H21N3O2. The molecule has 0 fully saturated rings. The Labute approximate surface area is 113 Å². The molecule has 0 heterocycles. The zero-order valence-corrected chi connectivity index (χ0v) is 11.2. The highest BCUT2D eigenvalue weighted by atomic mass is 16.5. The maximum absolute atomic E-state index is 9.20. The first kappa shape index (κ1) is 13.8. The smallest absolute Gasteiger partial charge is 0.0994 e. The minimum absolute atomic E-state index is 0.220. The number of hydrogen-bond donors (Lipinski definition) is 4. The van der Waals surface area contributed by atoms with Crippen molar-refractivity contribution in [2.24, 2.45) is 16.6 Å². The minimum Gasteiger partial charge on any atom is -0.396 e. The number of aliphatic hydroxyl groups excluding tert-OH is 1. The molecule has 5 nitrogen and oxygen atoms in total. The summed E-state index contributed by atoms with van der Waals surface area (Å²) in [5, 5.41) is 18.2. The van der Waals surface area contributed by atoms with Gasteiger partial charge in [-0.25, -0.2) is 4.99 Å². The molecule has 0 bridgehead atoms. The highest BCUT2D eigenvalue weighted by Gasteiger charge is 2.22. The molecule has 0 amide bonds. The highest BCUT2D eigenvalue weighted by Crippen LogP contribution is 2.36. The van der Waals surface area contributed by atoms with Crippen molar-refractivity contribution in [2.75, 3.05) is 12.1 Å². The van der Waals surface area contributed by atoms with Gasteiger partial charge in [0.2, 0.25) is 0 Å². The van der Waals surface area contributed by atoms with E-state index in [2.05, 4.69) is 10.5 Å². The van der Waals surface area contributed by atoms with Crippen molar-refractivity contribution in [3.05, 3.63) is 23.3 Å². The first-order valence-electron chi connectivity index (χ1n) is 6.67. The summed E-state index contributed by atoms with van der Waals surface area (Å²) in [6.45, 7) is 2.16. The average molecular weight is 263 g/mol. The van der Waals surface area contributed by atoms with Crippen LogP contribution in [0.2, 0.25) is 0 Å². The van der Waals surface area contributed by atoms with Crippen molar-refractivity contribution < 1.29 is 10.3 Å².